The number of carbonyl (C=O) groups excluding carboxylic acids is 3. The Balaban J connectivity index is 1.77. The summed E-state index contributed by atoms with van der Waals surface area (Å²) in [6, 6.07) is 12.6. The Labute approximate surface area is 227 Å². The summed E-state index contributed by atoms with van der Waals surface area (Å²) in [6.45, 7) is 5.66. The van der Waals surface area contributed by atoms with Crippen molar-refractivity contribution >= 4 is 57.1 Å². The van der Waals surface area contributed by atoms with Crippen molar-refractivity contribution in [1.29, 1.82) is 0 Å². The monoisotopic (exact) mass is 552 g/mol. The fourth-order valence-electron chi connectivity index (χ4n) is 3.84. The molecule has 0 aliphatic heterocycles. The first-order valence-corrected chi connectivity index (χ1v) is 13.1. The molecule has 0 radical (unpaired) electrons. The number of amides is 2. The number of fused-ring (bicyclic) bond motifs is 1. The molecule has 2 aromatic heterocycles. The van der Waals surface area contributed by atoms with Crippen LogP contribution in [0.15, 0.2) is 53.3 Å². The van der Waals surface area contributed by atoms with Gasteiger partial charge in [0.1, 0.15) is 10.6 Å². The SMILES string of the molecule is CCCc1cc(=O)n2c(C(=O)Nc3cccc(C(=O)OCC)c3)c(C(=O)Nc3ccc(Cl)cc3C)sc2n1. The van der Waals surface area contributed by atoms with Gasteiger partial charge in [-0.1, -0.05) is 42.3 Å². The molecule has 0 spiro atoms. The van der Waals surface area contributed by atoms with Crippen molar-refractivity contribution in [3.05, 3.63) is 91.3 Å². The number of anilines is 2. The van der Waals surface area contributed by atoms with Gasteiger partial charge in [-0.2, -0.15) is 0 Å². The lowest BCUT2D eigenvalue weighted by atomic mass is 10.2. The van der Waals surface area contributed by atoms with Crippen molar-refractivity contribution in [2.75, 3.05) is 17.2 Å². The summed E-state index contributed by atoms with van der Waals surface area (Å²) in [5, 5.41) is 6.01. The summed E-state index contributed by atoms with van der Waals surface area (Å²) in [5.74, 6) is -1.82. The van der Waals surface area contributed by atoms with Crippen molar-refractivity contribution in [2.45, 2.75) is 33.6 Å². The molecule has 11 heteroatoms. The molecule has 0 fully saturated rings. The number of halogens is 1. The second kappa shape index (κ2) is 11.6. The topological polar surface area (TPSA) is 119 Å². The van der Waals surface area contributed by atoms with E-state index in [0.717, 1.165) is 27.7 Å². The molecule has 2 aromatic carbocycles. The number of nitrogens with one attached hydrogen (secondary N) is 2. The van der Waals surface area contributed by atoms with Crippen LogP contribution in [0.5, 0.6) is 0 Å². The van der Waals surface area contributed by atoms with Gasteiger partial charge in [-0.25, -0.2) is 14.2 Å². The van der Waals surface area contributed by atoms with Crippen LogP contribution < -0.4 is 16.2 Å². The van der Waals surface area contributed by atoms with Crippen LogP contribution in [0.3, 0.4) is 0 Å². The molecular formula is C27H25ClN4O5S. The van der Waals surface area contributed by atoms with Crippen LogP contribution in [-0.4, -0.2) is 33.8 Å². The van der Waals surface area contributed by atoms with Gasteiger partial charge in [-0.05, 0) is 62.2 Å². The van der Waals surface area contributed by atoms with Gasteiger partial charge in [0.15, 0.2) is 4.96 Å². The van der Waals surface area contributed by atoms with E-state index in [2.05, 4.69) is 15.6 Å². The molecule has 9 nitrogen and oxygen atoms in total. The van der Waals surface area contributed by atoms with E-state index in [1.165, 1.54) is 12.1 Å². The fraction of sp³-hybridized carbons (Fsp3) is 0.222. The quantitative estimate of drug-likeness (QED) is 0.284. The molecule has 2 N–H and O–H groups in total. The van der Waals surface area contributed by atoms with Crippen molar-refractivity contribution < 1.29 is 19.1 Å². The normalized spacial score (nSPS) is 10.8. The molecule has 2 heterocycles. The number of ether oxygens (including phenoxy) is 1. The van der Waals surface area contributed by atoms with E-state index in [4.69, 9.17) is 16.3 Å². The van der Waals surface area contributed by atoms with E-state index in [0.29, 0.717) is 28.5 Å². The standard InChI is InChI=1S/C27H25ClN4O5S/c1-4-7-18-14-21(33)32-22(24(34)29-19-9-6-8-16(13-19)26(36)37-5-2)23(38-27(32)30-18)25(35)31-20-11-10-17(28)12-15(20)3/h6,8-14H,4-5,7H2,1-3H3,(H,29,34)(H,31,35). The van der Waals surface area contributed by atoms with E-state index in [9.17, 15) is 19.2 Å². The Bertz CT molecular complexity index is 1610. The predicted molar refractivity (Wildman–Crippen MR) is 148 cm³/mol. The lowest BCUT2D eigenvalue weighted by Crippen LogP contribution is -2.25. The van der Waals surface area contributed by atoms with Crippen LogP contribution in [0.1, 0.15) is 62.0 Å². The molecule has 0 saturated carbocycles. The average molecular weight is 553 g/mol. The highest BCUT2D eigenvalue weighted by Gasteiger charge is 2.27. The molecule has 0 atom stereocenters. The Morgan fingerprint density at radius 2 is 1.84 bits per heavy atom. The first-order valence-electron chi connectivity index (χ1n) is 11.9. The smallest absolute Gasteiger partial charge is 0.338 e. The van der Waals surface area contributed by atoms with Crippen LogP contribution in [0.2, 0.25) is 5.02 Å². The largest absolute Gasteiger partial charge is 0.462 e. The third-order valence-electron chi connectivity index (χ3n) is 5.57. The summed E-state index contributed by atoms with van der Waals surface area (Å²) >= 11 is 6.98. The predicted octanol–water partition coefficient (Wildman–Crippen LogP) is 5.35. The molecule has 0 unspecified atom stereocenters. The van der Waals surface area contributed by atoms with Gasteiger partial charge in [0.25, 0.3) is 17.4 Å². The number of benzene rings is 2. The Morgan fingerprint density at radius 1 is 1.05 bits per heavy atom. The van der Waals surface area contributed by atoms with Gasteiger partial charge in [0, 0.05) is 28.2 Å². The first-order chi connectivity index (χ1) is 18.2. The van der Waals surface area contributed by atoms with E-state index in [1.54, 1.807) is 50.2 Å². The molecule has 0 bridgehead atoms. The Kier molecular flexibility index (Phi) is 8.23. The summed E-state index contributed by atoms with van der Waals surface area (Å²) in [5.41, 5.74) is 1.74. The minimum absolute atomic E-state index is 0.0108. The molecule has 38 heavy (non-hydrogen) atoms. The molecule has 0 aliphatic rings. The highest BCUT2D eigenvalue weighted by molar-refractivity contribution is 7.19. The number of aryl methyl sites for hydroxylation is 2. The second-order valence-corrected chi connectivity index (χ2v) is 9.82. The molecule has 4 rings (SSSR count). The summed E-state index contributed by atoms with van der Waals surface area (Å²) in [7, 11) is 0. The van der Waals surface area contributed by atoms with Gasteiger partial charge in [0.2, 0.25) is 0 Å². The Morgan fingerprint density at radius 3 is 2.55 bits per heavy atom. The minimum Gasteiger partial charge on any atom is -0.462 e. The van der Waals surface area contributed by atoms with Gasteiger partial charge in [0.05, 0.1) is 12.2 Å². The maximum atomic E-state index is 13.5. The lowest BCUT2D eigenvalue weighted by Gasteiger charge is -2.10. The van der Waals surface area contributed by atoms with Crippen LogP contribution in [0.4, 0.5) is 11.4 Å². The van der Waals surface area contributed by atoms with Gasteiger partial charge >= 0.3 is 5.97 Å². The van der Waals surface area contributed by atoms with Gasteiger partial charge in [-0.3, -0.25) is 14.4 Å². The van der Waals surface area contributed by atoms with Gasteiger partial charge in [-0.15, -0.1) is 0 Å². The van der Waals surface area contributed by atoms with Crippen LogP contribution in [-0.2, 0) is 11.2 Å². The number of rotatable bonds is 8. The van der Waals surface area contributed by atoms with E-state index in [1.807, 2.05) is 6.92 Å². The lowest BCUT2D eigenvalue weighted by molar-refractivity contribution is 0.0526. The number of hydrogen-bond donors (Lipinski definition) is 2. The molecule has 0 aliphatic carbocycles. The maximum Gasteiger partial charge on any atom is 0.338 e. The minimum atomic E-state index is -0.706. The van der Waals surface area contributed by atoms with Crippen molar-refractivity contribution in [3.63, 3.8) is 0 Å². The van der Waals surface area contributed by atoms with Crippen molar-refractivity contribution in [1.82, 2.24) is 9.38 Å². The molecule has 0 saturated heterocycles. The highest BCUT2D eigenvalue weighted by atomic mass is 35.5. The molecular weight excluding hydrogens is 528 g/mol. The number of esters is 1. The summed E-state index contributed by atoms with van der Waals surface area (Å²) in [4.78, 5) is 56.9. The van der Waals surface area contributed by atoms with E-state index < -0.39 is 23.3 Å². The number of thiazole rings is 1. The van der Waals surface area contributed by atoms with Crippen LogP contribution >= 0.6 is 22.9 Å². The summed E-state index contributed by atoms with van der Waals surface area (Å²) < 4.78 is 6.16. The average Bonchev–Trinajstić information content (AvgIpc) is 3.27. The van der Waals surface area contributed by atoms with Crippen LogP contribution in [0, 0.1) is 6.92 Å². The van der Waals surface area contributed by atoms with Crippen LogP contribution in [0.25, 0.3) is 4.96 Å². The molecule has 196 valence electrons. The first kappa shape index (κ1) is 27.0. The highest BCUT2D eigenvalue weighted by Crippen LogP contribution is 2.26. The van der Waals surface area contributed by atoms with E-state index >= 15 is 0 Å². The third kappa shape index (κ3) is 5.76. The number of carbonyl (C=O) groups is 3. The molecule has 2 amide bonds. The molecule has 4 aromatic rings. The fourth-order valence-corrected chi connectivity index (χ4v) is 5.11. The second-order valence-electron chi connectivity index (χ2n) is 8.40. The number of hydrogen-bond acceptors (Lipinski definition) is 7. The van der Waals surface area contributed by atoms with E-state index in [-0.39, 0.29) is 27.7 Å². The zero-order chi connectivity index (χ0) is 27.4. The van der Waals surface area contributed by atoms with Gasteiger partial charge < -0.3 is 15.4 Å². The van der Waals surface area contributed by atoms with Crippen molar-refractivity contribution in [2.24, 2.45) is 0 Å². The number of aromatic nitrogens is 2. The zero-order valence-corrected chi connectivity index (χ0v) is 22.5. The number of nitrogens with zero attached hydrogens (tertiary/aromatic N) is 2. The maximum absolute atomic E-state index is 13.5. The third-order valence-corrected chi connectivity index (χ3v) is 6.84. The zero-order valence-electron chi connectivity index (χ0n) is 21.0. The van der Waals surface area contributed by atoms with Crippen molar-refractivity contribution in [3.8, 4) is 0 Å². The Hall–Kier alpha value is -4.02. The summed E-state index contributed by atoms with van der Waals surface area (Å²) in [6.07, 6.45) is 1.36.